The highest BCUT2D eigenvalue weighted by atomic mass is 79.9. The highest BCUT2D eigenvalue weighted by Crippen LogP contribution is 2.30. The molecule has 1 aromatic rings. The van der Waals surface area contributed by atoms with Crippen LogP contribution in [-0.4, -0.2) is 16.9 Å². The number of rotatable bonds is 3. The van der Waals surface area contributed by atoms with Crippen molar-refractivity contribution in [1.29, 1.82) is 0 Å². The second-order valence-electron chi connectivity index (χ2n) is 5.64. The molecular formula is C15H21BrN2O. The predicted molar refractivity (Wildman–Crippen MR) is 80.0 cm³/mol. The van der Waals surface area contributed by atoms with E-state index in [1.54, 1.807) is 18.3 Å². The van der Waals surface area contributed by atoms with Gasteiger partial charge in [-0.25, -0.2) is 4.98 Å². The van der Waals surface area contributed by atoms with Crippen LogP contribution in [0.1, 0.15) is 49.9 Å². The van der Waals surface area contributed by atoms with Crippen molar-refractivity contribution in [3.05, 3.63) is 28.5 Å². The van der Waals surface area contributed by atoms with Crippen molar-refractivity contribution in [2.75, 3.05) is 0 Å². The minimum absolute atomic E-state index is 0.0145. The van der Waals surface area contributed by atoms with Gasteiger partial charge >= 0.3 is 0 Å². The number of aromatic nitrogens is 1. The van der Waals surface area contributed by atoms with E-state index in [0.717, 1.165) is 6.42 Å². The predicted octanol–water partition coefficient (Wildman–Crippen LogP) is 3.79. The van der Waals surface area contributed by atoms with E-state index >= 15 is 0 Å². The minimum atomic E-state index is 0.0145. The molecule has 104 valence electrons. The Hall–Kier alpha value is -0.900. The maximum atomic E-state index is 12.3. The standard InChI is InChI=1S/C15H21BrN2O/c1-10(2)12-5-3-4-6-13(12)18-15(19)11-7-8-17-14(16)9-11/h7-10,12-13H,3-6H2,1-2H3,(H,18,19). The van der Waals surface area contributed by atoms with E-state index in [1.807, 2.05) is 0 Å². The van der Waals surface area contributed by atoms with Gasteiger partial charge < -0.3 is 5.32 Å². The van der Waals surface area contributed by atoms with Gasteiger partial charge in [-0.05, 0) is 52.7 Å². The zero-order chi connectivity index (χ0) is 13.8. The van der Waals surface area contributed by atoms with Crippen LogP contribution in [-0.2, 0) is 0 Å². The fourth-order valence-electron chi connectivity index (χ4n) is 2.93. The minimum Gasteiger partial charge on any atom is -0.349 e. The summed E-state index contributed by atoms with van der Waals surface area (Å²) in [6.07, 6.45) is 6.48. The average Bonchev–Trinajstić information content (AvgIpc) is 2.39. The quantitative estimate of drug-likeness (QED) is 0.859. The summed E-state index contributed by atoms with van der Waals surface area (Å²) in [5, 5.41) is 3.21. The van der Waals surface area contributed by atoms with Gasteiger partial charge in [0.2, 0.25) is 0 Å². The fraction of sp³-hybridized carbons (Fsp3) is 0.600. The summed E-state index contributed by atoms with van der Waals surface area (Å²) in [7, 11) is 0. The molecule has 4 heteroatoms. The van der Waals surface area contributed by atoms with Crippen molar-refractivity contribution >= 4 is 21.8 Å². The first-order valence-electron chi connectivity index (χ1n) is 7.00. The number of hydrogen-bond acceptors (Lipinski definition) is 2. The molecular weight excluding hydrogens is 304 g/mol. The molecule has 2 unspecified atom stereocenters. The number of carbonyl (C=O) groups excluding carboxylic acids is 1. The number of pyridine rings is 1. The van der Waals surface area contributed by atoms with Gasteiger partial charge in [0.1, 0.15) is 4.60 Å². The highest BCUT2D eigenvalue weighted by Gasteiger charge is 2.28. The lowest BCUT2D eigenvalue weighted by atomic mass is 9.78. The van der Waals surface area contributed by atoms with Gasteiger partial charge in [-0.1, -0.05) is 26.7 Å². The molecule has 2 atom stereocenters. The van der Waals surface area contributed by atoms with Gasteiger partial charge in [0.25, 0.3) is 5.91 Å². The maximum absolute atomic E-state index is 12.3. The molecule has 1 fully saturated rings. The van der Waals surface area contributed by atoms with Crippen LogP contribution < -0.4 is 5.32 Å². The van der Waals surface area contributed by atoms with E-state index in [1.165, 1.54) is 19.3 Å². The molecule has 1 aliphatic rings. The Kier molecular flexibility index (Phi) is 4.97. The summed E-state index contributed by atoms with van der Waals surface area (Å²) in [5.41, 5.74) is 0.676. The zero-order valence-corrected chi connectivity index (χ0v) is 13.1. The van der Waals surface area contributed by atoms with Gasteiger partial charge in [-0.3, -0.25) is 4.79 Å². The molecule has 0 aromatic carbocycles. The summed E-state index contributed by atoms with van der Waals surface area (Å²) < 4.78 is 0.698. The largest absolute Gasteiger partial charge is 0.349 e. The van der Waals surface area contributed by atoms with Crippen molar-refractivity contribution in [3.8, 4) is 0 Å². The second-order valence-corrected chi connectivity index (χ2v) is 6.45. The number of amides is 1. The smallest absolute Gasteiger partial charge is 0.251 e. The fourth-order valence-corrected chi connectivity index (χ4v) is 3.30. The average molecular weight is 325 g/mol. The third kappa shape index (κ3) is 3.78. The van der Waals surface area contributed by atoms with Crippen LogP contribution in [0.4, 0.5) is 0 Å². The van der Waals surface area contributed by atoms with Gasteiger partial charge in [-0.15, -0.1) is 0 Å². The summed E-state index contributed by atoms with van der Waals surface area (Å²) in [6.45, 7) is 4.50. The van der Waals surface area contributed by atoms with Gasteiger partial charge in [0.05, 0.1) is 0 Å². The van der Waals surface area contributed by atoms with Crippen LogP contribution in [0.15, 0.2) is 22.9 Å². The summed E-state index contributed by atoms with van der Waals surface area (Å²) in [6, 6.07) is 3.84. The molecule has 19 heavy (non-hydrogen) atoms. The molecule has 0 spiro atoms. The molecule has 1 N–H and O–H groups in total. The monoisotopic (exact) mass is 324 g/mol. The Balaban J connectivity index is 2.04. The lowest BCUT2D eigenvalue weighted by Gasteiger charge is -2.34. The Morgan fingerprint density at radius 3 is 2.84 bits per heavy atom. The molecule has 0 radical (unpaired) electrons. The van der Waals surface area contributed by atoms with Crippen molar-refractivity contribution in [2.24, 2.45) is 11.8 Å². The van der Waals surface area contributed by atoms with E-state index in [-0.39, 0.29) is 5.91 Å². The van der Waals surface area contributed by atoms with Crippen LogP contribution in [0.25, 0.3) is 0 Å². The van der Waals surface area contributed by atoms with E-state index in [2.05, 4.69) is 40.1 Å². The van der Waals surface area contributed by atoms with Crippen molar-refractivity contribution in [1.82, 2.24) is 10.3 Å². The third-order valence-electron chi connectivity index (χ3n) is 3.98. The van der Waals surface area contributed by atoms with Gasteiger partial charge in [-0.2, -0.15) is 0 Å². The Morgan fingerprint density at radius 1 is 1.42 bits per heavy atom. The highest BCUT2D eigenvalue weighted by molar-refractivity contribution is 9.10. The molecule has 1 aromatic heterocycles. The van der Waals surface area contributed by atoms with E-state index in [9.17, 15) is 4.79 Å². The molecule has 1 heterocycles. The van der Waals surface area contributed by atoms with E-state index in [4.69, 9.17) is 0 Å². The first-order chi connectivity index (χ1) is 9.08. The molecule has 1 saturated carbocycles. The first kappa shape index (κ1) is 14.5. The Morgan fingerprint density at radius 2 is 2.16 bits per heavy atom. The maximum Gasteiger partial charge on any atom is 0.251 e. The number of halogens is 1. The zero-order valence-electron chi connectivity index (χ0n) is 11.5. The number of nitrogens with zero attached hydrogens (tertiary/aromatic N) is 1. The van der Waals surface area contributed by atoms with E-state index < -0.39 is 0 Å². The number of carbonyl (C=O) groups is 1. The molecule has 1 amide bonds. The van der Waals surface area contributed by atoms with Crippen molar-refractivity contribution < 1.29 is 4.79 Å². The molecule has 3 nitrogen and oxygen atoms in total. The molecule has 0 bridgehead atoms. The Bertz CT molecular complexity index is 448. The van der Waals surface area contributed by atoms with E-state index in [0.29, 0.717) is 28.0 Å². The van der Waals surface area contributed by atoms with Crippen LogP contribution >= 0.6 is 15.9 Å². The summed E-state index contributed by atoms with van der Waals surface area (Å²) in [4.78, 5) is 16.3. The molecule has 0 saturated heterocycles. The normalized spacial score (nSPS) is 23.4. The van der Waals surface area contributed by atoms with Crippen LogP contribution in [0.5, 0.6) is 0 Å². The van der Waals surface area contributed by atoms with Crippen molar-refractivity contribution in [3.63, 3.8) is 0 Å². The van der Waals surface area contributed by atoms with Crippen molar-refractivity contribution in [2.45, 2.75) is 45.6 Å². The third-order valence-corrected chi connectivity index (χ3v) is 4.41. The summed E-state index contributed by atoms with van der Waals surface area (Å²) in [5.74, 6) is 1.23. The van der Waals surface area contributed by atoms with Crippen LogP contribution in [0, 0.1) is 11.8 Å². The SMILES string of the molecule is CC(C)C1CCCCC1NC(=O)c1ccnc(Br)c1. The van der Waals surface area contributed by atoms with Crippen LogP contribution in [0.2, 0.25) is 0 Å². The lowest BCUT2D eigenvalue weighted by molar-refractivity contribution is 0.0889. The Labute approximate surface area is 123 Å². The van der Waals surface area contributed by atoms with Crippen LogP contribution in [0.3, 0.4) is 0 Å². The van der Waals surface area contributed by atoms with Gasteiger partial charge in [0, 0.05) is 17.8 Å². The molecule has 2 rings (SSSR count). The topological polar surface area (TPSA) is 42.0 Å². The van der Waals surface area contributed by atoms with Gasteiger partial charge in [0.15, 0.2) is 0 Å². The molecule has 1 aliphatic carbocycles. The molecule has 0 aliphatic heterocycles. The number of nitrogens with one attached hydrogen (secondary N) is 1. The number of hydrogen-bond donors (Lipinski definition) is 1. The lowest BCUT2D eigenvalue weighted by Crippen LogP contribution is -2.43. The second kappa shape index (κ2) is 6.51. The summed E-state index contributed by atoms with van der Waals surface area (Å²) >= 11 is 3.30. The first-order valence-corrected chi connectivity index (χ1v) is 7.79.